The fraction of sp³-hybridized carbons (Fsp3) is 0.588. The Hall–Kier alpha value is -1.56. The predicted molar refractivity (Wildman–Crippen MR) is 89.9 cm³/mol. The minimum atomic E-state index is -3.33. The predicted octanol–water partition coefficient (Wildman–Crippen LogP) is 3.63. The summed E-state index contributed by atoms with van der Waals surface area (Å²) >= 11 is 0. The van der Waals surface area contributed by atoms with Gasteiger partial charge in [0.05, 0.1) is 24.2 Å². The molecule has 1 unspecified atom stereocenters. The first kappa shape index (κ1) is 19.5. The highest BCUT2D eigenvalue weighted by atomic mass is 32.2. The van der Waals surface area contributed by atoms with Crippen molar-refractivity contribution in [2.45, 2.75) is 56.8 Å². The molecule has 1 aromatic rings. The van der Waals surface area contributed by atoms with Crippen LogP contribution in [0.4, 0.5) is 0 Å². The molecule has 6 heteroatoms. The van der Waals surface area contributed by atoms with E-state index < -0.39 is 15.8 Å². The van der Waals surface area contributed by atoms with E-state index in [9.17, 15) is 13.2 Å². The molecule has 23 heavy (non-hydrogen) atoms. The third-order valence-corrected chi connectivity index (χ3v) is 5.63. The monoisotopic (exact) mass is 342 g/mol. The Kier molecular flexibility index (Phi) is 7.55. The molecule has 1 atom stereocenters. The van der Waals surface area contributed by atoms with Crippen LogP contribution < -0.4 is 4.74 Å². The number of carbonyl (C=O) groups is 1. The van der Waals surface area contributed by atoms with Gasteiger partial charge in [0, 0.05) is 0 Å². The van der Waals surface area contributed by atoms with Crippen LogP contribution >= 0.6 is 0 Å². The van der Waals surface area contributed by atoms with E-state index in [-0.39, 0.29) is 23.0 Å². The molecule has 0 radical (unpaired) electrons. The molecule has 0 aliphatic carbocycles. The summed E-state index contributed by atoms with van der Waals surface area (Å²) in [4.78, 5) is 11.3. The Balaban J connectivity index is 3.19. The molecule has 1 N–H and O–H groups in total. The van der Waals surface area contributed by atoms with E-state index in [1.165, 1.54) is 13.2 Å². The van der Waals surface area contributed by atoms with E-state index in [4.69, 9.17) is 9.84 Å². The van der Waals surface area contributed by atoms with E-state index >= 15 is 0 Å². The topological polar surface area (TPSA) is 80.7 Å². The highest BCUT2D eigenvalue weighted by Gasteiger charge is 2.22. The van der Waals surface area contributed by atoms with Crippen molar-refractivity contribution < 1.29 is 23.1 Å². The molecule has 1 rings (SSSR count). The minimum absolute atomic E-state index is 0.00608. The fourth-order valence-corrected chi connectivity index (χ4v) is 4.07. The summed E-state index contributed by atoms with van der Waals surface area (Å²) in [5.74, 6) is -0.494. The van der Waals surface area contributed by atoms with Crippen LogP contribution in [-0.2, 0) is 14.6 Å². The first-order valence-electron chi connectivity index (χ1n) is 7.98. The van der Waals surface area contributed by atoms with Crippen LogP contribution in [0.5, 0.6) is 5.75 Å². The highest BCUT2D eigenvalue weighted by molar-refractivity contribution is 7.91. The van der Waals surface area contributed by atoms with Gasteiger partial charge >= 0.3 is 5.97 Å². The molecular weight excluding hydrogens is 316 g/mol. The maximum Gasteiger partial charge on any atom is 0.303 e. The molecule has 0 fully saturated rings. The summed E-state index contributed by atoms with van der Waals surface area (Å²) in [6, 6.07) is 4.78. The average Bonchev–Trinajstić information content (AvgIpc) is 2.51. The fourth-order valence-electron chi connectivity index (χ4n) is 2.60. The van der Waals surface area contributed by atoms with Crippen LogP contribution in [0.15, 0.2) is 23.1 Å². The zero-order valence-corrected chi connectivity index (χ0v) is 14.9. The number of rotatable bonds is 10. The lowest BCUT2D eigenvalue weighted by Gasteiger charge is -2.18. The number of hydrogen-bond acceptors (Lipinski definition) is 4. The summed E-state index contributed by atoms with van der Waals surface area (Å²) < 4.78 is 29.9. The van der Waals surface area contributed by atoms with Gasteiger partial charge in [0.2, 0.25) is 0 Å². The van der Waals surface area contributed by atoms with Gasteiger partial charge in [0.15, 0.2) is 9.84 Å². The van der Waals surface area contributed by atoms with Gasteiger partial charge in [0.1, 0.15) is 5.75 Å². The number of aliphatic carboxylic acids is 1. The van der Waals surface area contributed by atoms with Crippen molar-refractivity contribution in [3.8, 4) is 5.75 Å². The second kappa shape index (κ2) is 8.91. The van der Waals surface area contributed by atoms with Gasteiger partial charge in [-0.1, -0.05) is 32.8 Å². The number of carboxylic acids is 1. The Labute approximate surface area is 138 Å². The summed E-state index contributed by atoms with van der Waals surface area (Å²) in [5.41, 5.74) is 0.756. The van der Waals surface area contributed by atoms with Crippen molar-refractivity contribution in [1.29, 1.82) is 0 Å². The van der Waals surface area contributed by atoms with Gasteiger partial charge in [-0.05, 0) is 36.5 Å². The van der Waals surface area contributed by atoms with E-state index in [2.05, 4.69) is 0 Å². The molecule has 130 valence electrons. The number of methoxy groups -OCH3 is 1. The normalized spacial score (nSPS) is 12.8. The van der Waals surface area contributed by atoms with Crippen LogP contribution in [0.3, 0.4) is 0 Å². The van der Waals surface area contributed by atoms with Crippen LogP contribution in [0.25, 0.3) is 0 Å². The molecule has 0 amide bonds. The number of benzene rings is 1. The number of carboxylic acid groups (broad SMARTS) is 1. The van der Waals surface area contributed by atoms with E-state index in [1.54, 1.807) is 12.1 Å². The largest absolute Gasteiger partial charge is 0.496 e. The summed E-state index contributed by atoms with van der Waals surface area (Å²) in [6.45, 7) is 3.94. The van der Waals surface area contributed by atoms with Crippen molar-refractivity contribution in [3.05, 3.63) is 23.8 Å². The van der Waals surface area contributed by atoms with E-state index in [0.717, 1.165) is 18.4 Å². The first-order valence-corrected chi connectivity index (χ1v) is 9.63. The Morgan fingerprint density at radius 1 is 1.26 bits per heavy atom. The molecule has 0 aliphatic rings. The van der Waals surface area contributed by atoms with Gasteiger partial charge in [-0.15, -0.1) is 0 Å². The van der Waals surface area contributed by atoms with Gasteiger partial charge in [-0.2, -0.15) is 0 Å². The highest BCUT2D eigenvalue weighted by Crippen LogP contribution is 2.34. The molecule has 0 bridgehead atoms. The lowest BCUT2D eigenvalue weighted by atomic mass is 9.91. The maximum absolute atomic E-state index is 12.3. The lowest BCUT2D eigenvalue weighted by molar-refractivity contribution is -0.137. The third kappa shape index (κ3) is 5.53. The third-order valence-electron chi connectivity index (χ3n) is 3.83. The minimum Gasteiger partial charge on any atom is -0.496 e. The molecule has 0 aliphatic heterocycles. The van der Waals surface area contributed by atoms with Crippen molar-refractivity contribution >= 4 is 15.8 Å². The van der Waals surface area contributed by atoms with Gasteiger partial charge < -0.3 is 9.84 Å². The van der Waals surface area contributed by atoms with E-state index in [1.807, 2.05) is 13.8 Å². The second-order valence-electron chi connectivity index (χ2n) is 5.66. The number of hydrogen-bond donors (Lipinski definition) is 1. The molecule has 1 aromatic carbocycles. The number of unbranched alkanes of at least 4 members (excludes halogenated alkanes) is 1. The van der Waals surface area contributed by atoms with Crippen LogP contribution in [0, 0.1) is 0 Å². The Morgan fingerprint density at radius 3 is 2.48 bits per heavy atom. The molecule has 0 heterocycles. The molecular formula is C17H26O5S. The molecule has 0 aromatic heterocycles. The standard InChI is InChI=1S/C17H26O5S/c1-4-6-10-23(20,21)14-8-9-15(16(12-14)22-3)13(7-5-2)11-17(18)19/h8-9,12-13H,4-7,10-11H2,1-3H3,(H,18,19). The van der Waals surface area contributed by atoms with Gasteiger partial charge in [-0.25, -0.2) is 8.42 Å². The molecule has 0 spiro atoms. The summed E-state index contributed by atoms with van der Waals surface area (Å²) in [7, 11) is -1.85. The second-order valence-corrected chi connectivity index (χ2v) is 7.77. The number of ether oxygens (including phenoxy) is 1. The van der Waals surface area contributed by atoms with Crippen LogP contribution in [0.2, 0.25) is 0 Å². The smallest absolute Gasteiger partial charge is 0.303 e. The average molecular weight is 342 g/mol. The first-order chi connectivity index (χ1) is 10.9. The Bertz CT molecular complexity index is 622. The maximum atomic E-state index is 12.3. The van der Waals surface area contributed by atoms with Crippen LogP contribution in [-0.4, -0.2) is 32.4 Å². The zero-order chi connectivity index (χ0) is 17.5. The molecule has 5 nitrogen and oxygen atoms in total. The zero-order valence-electron chi connectivity index (χ0n) is 14.0. The summed E-state index contributed by atoms with van der Waals surface area (Å²) in [5, 5.41) is 9.08. The van der Waals surface area contributed by atoms with Crippen molar-refractivity contribution in [1.82, 2.24) is 0 Å². The van der Waals surface area contributed by atoms with Gasteiger partial charge in [0.25, 0.3) is 0 Å². The molecule has 0 saturated carbocycles. The van der Waals surface area contributed by atoms with Gasteiger partial charge in [-0.3, -0.25) is 4.79 Å². The van der Waals surface area contributed by atoms with Crippen molar-refractivity contribution in [3.63, 3.8) is 0 Å². The van der Waals surface area contributed by atoms with E-state index in [0.29, 0.717) is 18.6 Å². The lowest BCUT2D eigenvalue weighted by Crippen LogP contribution is -2.10. The number of sulfone groups is 1. The quantitative estimate of drug-likeness (QED) is 0.702. The SMILES string of the molecule is CCCCS(=O)(=O)c1ccc(C(CCC)CC(=O)O)c(OC)c1. The van der Waals surface area contributed by atoms with Crippen molar-refractivity contribution in [2.24, 2.45) is 0 Å². The van der Waals surface area contributed by atoms with Crippen molar-refractivity contribution in [2.75, 3.05) is 12.9 Å². The molecule has 0 saturated heterocycles. The van der Waals surface area contributed by atoms with Crippen LogP contribution in [0.1, 0.15) is 57.4 Å². The Morgan fingerprint density at radius 2 is 1.96 bits per heavy atom. The summed E-state index contributed by atoms with van der Waals surface area (Å²) in [6.07, 6.45) is 2.99.